The first-order valence-electron chi connectivity index (χ1n) is 12.7. The third-order valence-corrected chi connectivity index (χ3v) is 8.42. The Morgan fingerprint density at radius 1 is 0.838 bits per heavy atom. The van der Waals surface area contributed by atoms with E-state index in [1.54, 1.807) is 12.1 Å². The van der Waals surface area contributed by atoms with Crippen molar-refractivity contribution >= 4 is 26.5 Å². The molecule has 1 fully saturated rings. The second kappa shape index (κ2) is 10.5. The van der Waals surface area contributed by atoms with Gasteiger partial charge in [-0.25, -0.2) is 8.42 Å². The molecule has 0 aromatic heterocycles. The van der Waals surface area contributed by atoms with Gasteiger partial charge in [0.25, 0.3) is 5.91 Å². The van der Waals surface area contributed by atoms with Crippen LogP contribution in [-0.4, -0.2) is 56.1 Å². The number of carbonyl (C=O) groups excluding carboxylic acids is 1. The van der Waals surface area contributed by atoms with Crippen molar-refractivity contribution < 1.29 is 13.2 Å². The van der Waals surface area contributed by atoms with Crippen molar-refractivity contribution in [1.82, 2.24) is 9.80 Å². The number of fused-ring (bicyclic) bond motifs is 1. The van der Waals surface area contributed by atoms with Crippen molar-refractivity contribution in [3.05, 3.63) is 102 Å². The summed E-state index contributed by atoms with van der Waals surface area (Å²) in [6.45, 7) is 5.46. The first kappa shape index (κ1) is 25.2. The van der Waals surface area contributed by atoms with Crippen molar-refractivity contribution in [2.24, 2.45) is 0 Å². The molecule has 1 atom stereocenters. The summed E-state index contributed by atoms with van der Waals surface area (Å²) in [5, 5.41) is 1.90. The minimum atomic E-state index is -3.26. The lowest BCUT2D eigenvalue weighted by Gasteiger charge is -2.41. The molecule has 5 nitrogen and oxygen atoms in total. The second-order valence-corrected chi connectivity index (χ2v) is 11.8. The van der Waals surface area contributed by atoms with Crippen molar-refractivity contribution in [2.75, 3.05) is 25.9 Å². The van der Waals surface area contributed by atoms with Crippen LogP contribution < -0.4 is 0 Å². The highest BCUT2D eigenvalue weighted by Crippen LogP contribution is 2.33. The Morgan fingerprint density at radius 2 is 1.51 bits per heavy atom. The zero-order valence-electron chi connectivity index (χ0n) is 21.3. The molecular formula is C31H32N2O3S. The van der Waals surface area contributed by atoms with Gasteiger partial charge in [-0.2, -0.15) is 0 Å². The van der Waals surface area contributed by atoms with Crippen molar-refractivity contribution in [3.8, 4) is 11.1 Å². The highest BCUT2D eigenvalue weighted by atomic mass is 32.2. The van der Waals surface area contributed by atoms with E-state index in [-0.39, 0.29) is 11.9 Å². The van der Waals surface area contributed by atoms with Gasteiger partial charge in [0.15, 0.2) is 9.84 Å². The fraction of sp³-hybridized carbons (Fsp3) is 0.258. The van der Waals surface area contributed by atoms with Gasteiger partial charge < -0.3 is 4.90 Å². The number of hydrogen-bond acceptors (Lipinski definition) is 4. The predicted octanol–water partition coefficient (Wildman–Crippen LogP) is 5.65. The zero-order chi connectivity index (χ0) is 26.0. The van der Waals surface area contributed by atoms with Crippen LogP contribution in [0, 0.1) is 0 Å². The summed E-state index contributed by atoms with van der Waals surface area (Å²) < 4.78 is 23.8. The number of hydrogen-bond donors (Lipinski definition) is 0. The van der Waals surface area contributed by atoms with E-state index < -0.39 is 9.84 Å². The minimum absolute atomic E-state index is 0.0707. The molecule has 190 valence electrons. The van der Waals surface area contributed by atoms with Crippen LogP contribution in [0.4, 0.5) is 0 Å². The Morgan fingerprint density at radius 3 is 2.19 bits per heavy atom. The quantitative estimate of drug-likeness (QED) is 0.335. The molecule has 1 heterocycles. The van der Waals surface area contributed by atoms with Crippen LogP contribution in [0.1, 0.15) is 29.3 Å². The Kier molecular flexibility index (Phi) is 7.13. The lowest BCUT2D eigenvalue weighted by atomic mass is 9.94. The van der Waals surface area contributed by atoms with E-state index in [1.807, 2.05) is 59.5 Å². The molecule has 37 heavy (non-hydrogen) atoms. The summed E-state index contributed by atoms with van der Waals surface area (Å²) in [4.78, 5) is 18.7. The van der Waals surface area contributed by atoms with Gasteiger partial charge in [0.2, 0.25) is 0 Å². The first-order valence-corrected chi connectivity index (χ1v) is 14.6. The van der Waals surface area contributed by atoms with E-state index in [1.165, 1.54) is 11.8 Å². The number of amides is 1. The molecule has 1 aliphatic heterocycles. The summed E-state index contributed by atoms with van der Waals surface area (Å²) in [6.07, 6.45) is 2.11. The van der Waals surface area contributed by atoms with Gasteiger partial charge in [0, 0.05) is 44.0 Å². The standard InChI is InChI=1S/C31H32N2O3S/c1-3-25-22-32(21-23-9-5-4-6-10-23)19-20-33(25)31(34)30-18-17-27(28-11-7-8-12-29(28)30)24-13-15-26(16-14-24)37(2,35)36/h4-18,25H,3,19-22H2,1-2H3/t25-/m0/s1. The van der Waals surface area contributed by atoms with Crippen LogP contribution in [0.5, 0.6) is 0 Å². The summed E-state index contributed by atoms with van der Waals surface area (Å²) in [5.74, 6) is 0.0707. The highest BCUT2D eigenvalue weighted by Gasteiger charge is 2.30. The molecule has 0 spiro atoms. The molecule has 4 aromatic rings. The average Bonchev–Trinajstić information content (AvgIpc) is 2.92. The van der Waals surface area contributed by atoms with E-state index in [2.05, 4.69) is 36.1 Å². The van der Waals surface area contributed by atoms with Crippen LogP contribution in [0.2, 0.25) is 0 Å². The second-order valence-electron chi connectivity index (χ2n) is 9.78. The van der Waals surface area contributed by atoms with Crippen LogP contribution in [0.15, 0.2) is 95.9 Å². The smallest absolute Gasteiger partial charge is 0.254 e. The van der Waals surface area contributed by atoms with Crippen molar-refractivity contribution in [1.29, 1.82) is 0 Å². The van der Waals surface area contributed by atoms with Crippen molar-refractivity contribution in [3.63, 3.8) is 0 Å². The molecule has 0 saturated carbocycles. The zero-order valence-corrected chi connectivity index (χ0v) is 22.1. The van der Waals surface area contributed by atoms with Gasteiger partial charge >= 0.3 is 0 Å². The molecule has 5 rings (SSSR count). The molecule has 0 aliphatic carbocycles. The molecule has 1 aliphatic rings. The molecule has 0 N–H and O–H groups in total. The van der Waals surface area contributed by atoms with E-state index >= 15 is 0 Å². The number of sulfone groups is 1. The summed E-state index contributed by atoms with van der Waals surface area (Å²) in [5.41, 5.74) is 3.90. The van der Waals surface area contributed by atoms with Crippen LogP contribution in [-0.2, 0) is 16.4 Å². The Labute approximate surface area is 219 Å². The molecule has 0 radical (unpaired) electrons. The van der Waals surface area contributed by atoms with Gasteiger partial charge in [0.05, 0.1) is 4.90 Å². The van der Waals surface area contributed by atoms with Crippen molar-refractivity contribution in [2.45, 2.75) is 30.8 Å². The molecule has 1 amide bonds. The third kappa shape index (κ3) is 5.31. The maximum absolute atomic E-state index is 13.9. The Hall–Kier alpha value is -3.48. The lowest BCUT2D eigenvalue weighted by Crippen LogP contribution is -2.54. The van der Waals surface area contributed by atoms with E-state index in [0.29, 0.717) is 17.0 Å². The molecule has 1 saturated heterocycles. The number of benzene rings is 4. The maximum Gasteiger partial charge on any atom is 0.254 e. The summed E-state index contributed by atoms with van der Waals surface area (Å²) in [6, 6.07) is 29.5. The average molecular weight is 513 g/mol. The molecule has 0 bridgehead atoms. The monoisotopic (exact) mass is 512 g/mol. The van der Waals surface area contributed by atoms with Crippen LogP contribution >= 0.6 is 0 Å². The van der Waals surface area contributed by atoms with E-state index in [9.17, 15) is 13.2 Å². The minimum Gasteiger partial charge on any atom is -0.333 e. The predicted molar refractivity (Wildman–Crippen MR) is 149 cm³/mol. The van der Waals surface area contributed by atoms with Gasteiger partial charge in [-0.3, -0.25) is 9.69 Å². The number of piperazine rings is 1. The van der Waals surface area contributed by atoms with Gasteiger partial charge in [-0.1, -0.05) is 79.7 Å². The highest BCUT2D eigenvalue weighted by molar-refractivity contribution is 7.90. The fourth-order valence-corrected chi connectivity index (χ4v) is 5.93. The topological polar surface area (TPSA) is 57.7 Å². The maximum atomic E-state index is 13.9. The number of rotatable bonds is 6. The van der Waals surface area contributed by atoms with Crippen LogP contribution in [0.25, 0.3) is 21.9 Å². The fourth-order valence-electron chi connectivity index (χ4n) is 5.30. The molecular weight excluding hydrogens is 480 g/mol. The Balaban J connectivity index is 1.42. The lowest BCUT2D eigenvalue weighted by molar-refractivity contribution is 0.0432. The number of carbonyl (C=O) groups is 1. The van der Waals surface area contributed by atoms with Gasteiger partial charge in [0.1, 0.15) is 0 Å². The summed E-state index contributed by atoms with van der Waals surface area (Å²) >= 11 is 0. The normalized spacial score (nSPS) is 16.7. The van der Waals surface area contributed by atoms with Gasteiger partial charge in [-0.05, 0) is 52.1 Å². The third-order valence-electron chi connectivity index (χ3n) is 7.30. The largest absolute Gasteiger partial charge is 0.333 e. The first-order chi connectivity index (χ1) is 17.8. The van der Waals surface area contributed by atoms with Gasteiger partial charge in [-0.15, -0.1) is 0 Å². The SMILES string of the molecule is CC[C@H]1CN(Cc2ccccc2)CCN1C(=O)c1ccc(-c2ccc(S(C)(=O)=O)cc2)c2ccccc12. The molecule has 6 heteroatoms. The molecule has 4 aromatic carbocycles. The summed E-state index contributed by atoms with van der Waals surface area (Å²) in [7, 11) is -3.26. The van der Waals surface area contributed by atoms with E-state index in [4.69, 9.17) is 0 Å². The Bertz CT molecular complexity index is 1520. The number of nitrogens with zero attached hydrogens (tertiary/aromatic N) is 2. The molecule has 0 unspecified atom stereocenters. The van der Waals surface area contributed by atoms with E-state index in [0.717, 1.165) is 48.0 Å². The van der Waals surface area contributed by atoms with Crippen LogP contribution in [0.3, 0.4) is 0 Å².